The predicted molar refractivity (Wildman–Crippen MR) is 142 cm³/mol. The van der Waals surface area contributed by atoms with Crippen LogP contribution in [-0.4, -0.2) is 14.4 Å². The Balaban J connectivity index is 1.69. The standard InChI is InChI=1S/C29H29BN2/c1-2-3-7-25(19-31)21-8-4-10-23(14-21)27-16-28(18-29(30)17-27)24-11-5-9-22(15-24)26-12-6-13-32-20-26/h2-4,6-8,10-19,32H,1,5,9,20,30-31H2/b7-3-,25-19+. The van der Waals surface area contributed by atoms with Crippen molar-refractivity contribution in [2.75, 3.05) is 6.54 Å². The molecule has 0 fully saturated rings. The van der Waals surface area contributed by atoms with Gasteiger partial charge in [0.25, 0.3) is 0 Å². The molecule has 1 heterocycles. The number of hydrogen-bond donors (Lipinski definition) is 2. The Bertz CT molecular complexity index is 1210. The smallest absolute Gasteiger partial charge is 0.139 e. The SMILES string of the molecule is Bc1cc(C2=CCCC(C3=CC=CNC3)=C2)cc(-c2cccc(C(/C=C\C=C)=C/N)c2)c1. The number of benzene rings is 2. The molecule has 1 aliphatic carbocycles. The molecule has 3 heteroatoms. The van der Waals surface area contributed by atoms with Gasteiger partial charge in [-0.25, -0.2) is 0 Å². The molecule has 4 rings (SSSR count). The molecule has 2 aliphatic rings. The van der Waals surface area contributed by atoms with Crippen LogP contribution in [0.4, 0.5) is 0 Å². The minimum absolute atomic E-state index is 0.902. The predicted octanol–water partition coefficient (Wildman–Crippen LogP) is 4.80. The third-order valence-corrected chi connectivity index (χ3v) is 5.86. The maximum Gasteiger partial charge on any atom is 0.139 e. The summed E-state index contributed by atoms with van der Waals surface area (Å²) in [6.07, 6.45) is 20.5. The lowest BCUT2D eigenvalue weighted by molar-refractivity contribution is 0.883. The van der Waals surface area contributed by atoms with Gasteiger partial charge in [-0.3, -0.25) is 0 Å². The maximum atomic E-state index is 5.88. The van der Waals surface area contributed by atoms with E-state index in [0.717, 1.165) is 30.5 Å². The lowest BCUT2D eigenvalue weighted by Gasteiger charge is -2.19. The minimum atomic E-state index is 0.902. The zero-order valence-corrected chi connectivity index (χ0v) is 18.6. The van der Waals surface area contributed by atoms with Crippen LogP contribution < -0.4 is 16.5 Å². The van der Waals surface area contributed by atoms with Crippen molar-refractivity contribution in [2.45, 2.75) is 12.8 Å². The largest absolute Gasteiger partial charge is 0.404 e. The third-order valence-electron chi connectivity index (χ3n) is 5.86. The van der Waals surface area contributed by atoms with Crippen molar-refractivity contribution in [1.29, 1.82) is 0 Å². The van der Waals surface area contributed by atoms with Gasteiger partial charge in [-0.15, -0.1) is 0 Å². The van der Waals surface area contributed by atoms with Gasteiger partial charge in [-0.05, 0) is 81.8 Å². The Kier molecular flexibility index (Phi) is 6.76. The normalized spacial score (nSPS) is 16.2. The summed E-state index contributed by atoms with van der Waals surface area (Å²) >= 11 is 0. The Morgan fingerprint density at radius 2 is 1.94 bits per heavy atom. The summed E-state index contributed by atoms with van der Waals surface area (Å²) in [5.41, 5.74) is 17.0. The quantitative estimate of drug-likeness (QED) is 0.525. The van der Waals surface area contributed by atoms with E-state index in [1.54, 1.807) is 12.3 Å². The monoisotopic (exact) mass is 416 g/mol. The number of rotatable bonds is 6. The Morgan fingerprint density at radius 1 is 1.06 bits per heavy atom. The van der Waals surface area contributed by atoms with Crippen molar-refractivity contribution in [1.82, 2.24) is 5.32 Å². The van der Waals surface area contributed by atoms with Gasteiger partial charge >= 0.3 is 0 Å². The second-order valence-corrected chi connectivity index (χ2v) is 8.18. The van der Waals surface area contributed by atoms with Crippen LogP contribution in [0.25, 0.3) is 22.3 Å². The molecule has 0 atom stereocenters. The molecule has 0 unspecified atom stereocenters. The van der Waals surface area contributed by atoms with E-state index in [0.29, 0.717) is 0 Å². The first-order chi connectivity index (χ1) is 15.7. The molecular formula is C29H29BN2. The van der Waals surface area contributed by atoms with E-state index in [9.17, 15) is 0 Å². The summed E-state index contributed by atoms with van der Waals surface area (Å²) in [5, 5.41) is 3.33. The first-order valence-electron chi connectivity index (χ1n) is 11.1. The minimum Gasteiger partial charge on any atom is -0.404 e. The topological polar surface area (TPSA) is 38.0 Å². The van der Waals surface area contributed by atoms with Crippen LogP contribution in [0.1, 0.15) is 24.0 Å². The number of hydrogen-bond acceptors (Lipinski definition) is 2. The third kappa shape index (κ3) is 4.95. The average molecular weight is 416 g/mol. The van der Waals surface area contributed by atoms with Crippen LogP contribution in [0.15, 0.2) is 115 Å². The fraction of sp³-hybridized carbons (Fsp3) is 0.103. The molecule has 0 saturated carbocycles. The van der Waals surface area contributed by atoms with Crippen molar-refractivity contribution in [2.24, 2.45) is 5.73 Å². The lowest BCUT2D eigenvalue weighted by atomic mass is 9.84. The van der Waals surface area contributed by atoms with E-state index in [1.807, 2.05) is 18.4 Å². The van der Waals surface area contributed by atoms with Gasteiger partial charge in [0.05, 0.1) is 0 Å². The molecule has 32 heavy (non-hydrogen) atoms. The van der Waals surface area contributed by atoms with Gasteiger partial charge in [-0.2, -0.15) is 0 Å². The highest BCUT2D eigenvalue weighted by Gasteiger charge is 2.13. The zero-order chi connectivity index (χ0) is 22.3. The molecule has 1 aliphatic heterocycles. The fourth-order valence-electron chi connectivity index (χ4n) is 4.25. The highest BCUT2D eigenvalue weighted by atomic mass is 14.8. The zero-order valence-electron chi connectivity index (χ0n) is 18.6. The van der Waals surface area contributed by atoms with E-state index in [1.165, 1.54) is 38.9 Å². The van der Waals surface area contributed by atoms with Gasteiger partial charge in [-0.1, -0.05) is 78.8 Å². The molecule has 2 aromatic rings. The summed E-state index contributed by atoms with van der Waals surface area (Å²) < 4.78 is 0. The highest BCUT2D eigenvalue weighted by Crippen LogP contribution is 2.32. The van der Waals surface area contributed by atoms with E-state index in [-0.39, 0.29) is 0 Å². The molecule has 0 radical (unpaired) electrons. The van der Waals surface area contributed by atoms with Crippen LogP contribution in [0.5, 0.6) is 0 Å². The average Bonchev–Trinajstić information content (AvgIpc) is 2.85. The van der Waals surface area contributed by atoms with E-state index in [2.05, 4.69) is 86.5 Å². The Hall–Kier alpha value is -3.72. The van der Waals surface area contributed by atoms with Crippen molar-refractivity contribution in [3.05, 3.63) is 126 Å². The summed E-state index contributed by atoms with van der Waals surface area (Å²) in [7, 11) is 2.17. The van der Waals surface area contributed by atoms with E-state index >= 15 is 0 Å². The summed E-state index contributed by atoms with van der Waals surface area (Å²) in [6.45, 7) is 4.65. The van der Waals surface area contributed by atoms with Gasteiger partial charge in [0, 0.05) is 12.7 Å². The van der Waals surface area contributed by atoms with Crippen LogP contribution in [0, 0.1) is 0 Å². The molecule has 158 valence electrons. The molecular weight excluding hydrogens is 387 g/mol. The Morgan fingerprint density at radius 3 is 2.72 bits per heavy atom. The fourth-order valence-corrected chi connectivity index (χ4v) is 4.25. The molecule has 0 saturated heterocycles. The van der Waals surface area contributed by atoms with Crippen molar-refractivity contribution in [3.8, 4) is 11.1 Å². The van der Waals surface area contributed by atoms with Gasteiger partial charge in [0.1, 0.15) is 7.85 Å². The molecule has 0 aromatic heterocycles. The van der Waals surface area contributed by atoms with Crippen molar-refractivity contribution >= 4 is 24.5 Å². The molecule has 0 spiro atoms. The highest BCUT2D eigenvalue weighted by molar-refractivity contribution is 6.33. The number of nitrogens with one attached hydrogen (secondary N) is 1. The lowest BCUT2D eigenvalue weighted by Crippen LogP contribution is -2.14. The van der Waals surface area contributed by atoms with Crippen LogP contribution in [0.3, 0.4) is 0 Å². The van der Waals surface area contributed by atoms with Gasteiger partial charge in [0.15, 0.2) is 0 Å². The number of dihydropyridines is 1. The summed E-state index contributed by atoms with van der Waals surface area (Å²) in [4.78, 5) is 0. The van der Waals surface area contributed by atoms with Crippen LogP contribution in [-0.2, 0) is 0 Å². The molecule has 0 amide bonds. The molecule has 2 nitrogen and oxygen atoms in total. The maximum absolute atomic E-state index is 5.88. The molecule has 2 aromatic carbocycles. The molecule has 3 N–H and O–H groups in total. The second-order valence-electron chi connectivity index (χ2n) is 8.18. The Labute approximate surface area is 192 Å². The molecule has 0 bridgehead atoms. The second kappa shape index (κ2) is 10.1. The van der Waals surface area contributed by atoms with E-state index < -0.39 is 0 Å². The van der Waals surface area contributed by atoms with Gasteiger partial charge in [0.2, 0.25) is 0 Å². The van der Waals surface area contributed by atoms with Crippen molar-refractivity contribution < 1.29 is 0 Å². The number of allylic oxidation sites excluding steroid dienone is 9. The van der Waals surface area contributed by atoms with E-state index in [4.69, 9.17) is 5.73 Å². The summed E-state index contributed by atoms with van der Waals surface area (Å²) in [5.74, 6) is 0. The van der Waals surface area contributed by atoms with Gasteiger partial charge < -0.3 is 11.1 Å². The number of nitrogens with two attached hydrogens (primary N) is 1. The summed E-state index contributed by atoms with van der Waals surface area (Å²) in [6, 6.07) is 15.4. The van der Waals surface area contributed by atoms with Crippen LogP contribution >= 0.6 is 0 Å². The van der Waals surface area contributed by atoms with Crippen molar-refractivity contribution in [3.63, 3.8) is 0 Å². The van der Waals surface area contributed by atoms with Crippen LogP contribution in [0.2, 0.25) is 0 Å². The first kappa shape index (κ1) is 21.5. The first-order valence-corrected chi connectivity index (χ1v) is 11.1.